The second kappa shape index (κ2) is 10.4. The number of anilines is 1. The summed E-state index contributed by atoms with van der Waals surface area (Å²) in [7, 11) is 0. The van der Waals surface area contributed by atoms with Crippen molar-refractivity contribution in [2.45, 2.75) is 68.1 Å². The van der Waals surface area contributed by atoms with Crippen LogP contribution in [0.15, 0.2) is 36.0 Å². The van der Waals surface area contributed by atoms with Gasteiger partial charge in [-0.15, -0.1) is 16.8 Å². The van der Waals surface area contributed by atoms with Gasteiger partial charge in [0.1, 0.15) is 5.82 Å². The van der Waals surface area contributed by atoms with E-state index in [1.807, 2.05) is 4.57 Å². The lowest BCUT2D eigenvalue weighted by molar-refractivity contribution is -0.385. The molecule has 0 spiro atoms. The Morgan fingerprint density at radius 1 is 1.36 bits per heavy atom. The molecule has 1 aromatic heterocycles. The summed E-state index contributed by atoms with van der Waals surface area (Å²) in [4.78, 5) is 22.6. The smallest absolute Gasteiger partial charge is 0.325 e. The average Bonchev–Trinajstić information content (AvgIpc) is 3.16. The third-order valence-corrected chi connectivity index (χ3v) is 6.54. The third-order valence-electron chi connectivity index (χ3n) is 5.46. The molecule has 178 valence electrons. The zero-order chi connectivity index (χ0) is 24.2. The Morgan fingerprint density at radius 3 is 2.67 bits per heavy atom. The number of nitro groups is 1. The lowest BCUT2D eigenvalue weighted by atomic mass is 9.89. The van der Waals surface area contributed by atoms with Gasteiger partial charge in [-0.25, -0.2) is 0 Å². The van der Waals surface area contributed by atoms with Crippen molar-refractivity contribution in [2.24, 2.45) is 0 Å². The van der Waals surface area contributed by atoms with Crippen molar-refractivity contribution in [3.05, 3.63) is 52.4 Å². The third kappa shape index (κ3) is 5.92. The molecule has 0 radical (unpaired) electrons. The quantitative estimate of drug-likeness (QED) is 0.228. The molecule has 1 N–H and O–H groups in total. The van der Waals surface area contributed by atoms with Crippen LogP contribution in [0.5, 0.6) is 0 Å². The minimum Gasteiger partial charge on any atom is -0.325 e. The van der Waals surface area contributed by atoms with Gasteiger partial charge in [-0.1, -0.05) is 37.1 Å². The number of alkyl halides is 3. The number of nitro benzene ring substituents is 1. The number of halogens is 3. The van der Waals surface area contributed by atoms with E-state index in [0.29, 0.717) is 17.8 Å². The SMILES string of the molecule is C=CCn1c(S[C@@H](C)C(=O)Nc2ccc([N+](=O)[O-])cc2C(F)(F)F)nnc1C1CCCCC1. The van der Waals surface area contributed by atoms with Crippen molar-refractivity contribution in [3.8, 4) is 0 Å². The van der Waals surface area contributed by atoms with E-state index in [1.165, 1.54) is 6.42 Å². The van der Waals surface area contributed by atoms with Crippen LogP contribution in [0.1, 0.15) is 56.3 Å². The second-order valence-corrected chi connectivity index (χ2v) is 9.12. The number of thioether (sulfide) groups is 1. The molecule has 0 bridgehead atoms. The molecular formula is C21H24F3N5O3S. The highest BCUT2D eigenvalue weighted by molar-refractivity contribution is 8.00. The fourth-order valence-electron chi connectivity index (χ4n) is 3.79. The lowest BCUT2D eigenvalue weighted by Crippen LogP contribution is -2.25. The minimum absolute atomic E-state index is 0.277. The van der Waals surface area contributed by atoms with Crippen LogP contribution in [-0.2, 0) is 17.5 Å². The topological polar surface area (TPSA) is 103 Å². The van der Waals surface area contributed by atoms with E-state index in [1.54, 1.807) is 13.0 Å². The van der Waals surface area contributed by atoms with E-state index >= 15 is 0 Å². The molecule has 0 unspecified atom stereocenters. The van der Waals surface area contributed by atoms with Gasteiger partial charge in [0.05, 0.1) is 21.4 Å². The number of carbonyl (C=O) groups is 1. The monoisotopic (exact) mass is 483 g/mol. The first-order valence-electron chi connectivity index (χ1n) is 10.5. The van der Waals surface area contributed by atoms with Gasteiger partial charge in [-0.05, 0) is 25.8 Å². The summed E-state index contributed by atoms with van der Waals surface area (Å²) in [5.74, 6) is 0.422. The Morgan fingerprint density at radius 2 is 2.06 bits per heavy atom. The highest BCUT2D eigenvalue weighted by atomic mass is 32.2. The van der Waals surface area contributed by atoms with Crippen LogP contribution in [-0.4, -0.2) is 30.8 Å². The van der Waals surface area contributed by atoms with Crippen LogP contribution in [0.2, 0.25) is 0 Å². The van der Waals surface area contributed by atoms with E-state index in [-0.39, 0.29) is 5.92 Å². The first-order chi connectivity index (χ1) is 15.6. The number of nitrogens with one attached hydrogen (secondary N) is 1. The van der Waals surface area contributed by atoms with E-state index in [2.05, 4.69) is 22.1 Å². The number of hydrogen-bond acceptors (Lipinski definition) is 6. The molecule has 33 heavy (non-hydrogen) atoms. The fraction of sp³-hybridized carbons (Fsp3) is 0.476. The maximum atomic E-state index is 13.4. The summed E-state index contributed by atoms with van der Waals surface area (Å²) in [5, 5.41) is 21.3. The molecule has 1 aliphatic carbocycles. The zero-order valence-electron chi connectivity index (χ0n) is 18.0. The van der Waals surface area contributed by atoms with Crippen molar-refractivity contribution in [2.75, 3.05) is 5.32 Å². The fourth-order valence-corrected chi connectivity index (χ4v) is 4.65. The number of rotatable bonds is 8. The summed E-state index contributed by atoms with van der Waals surface area (Å²) in [6.07, 6.45) is 2.27. The predicted octanol–water partition coefficient (Wildman–Crippen LogP) is 5.56. The molecule has 1 aromatic carbocycles. The molecule has 1 fully saturated rings. The van der Waals surface area contributed by atoms with Crippen LogP contribution in [0, 0.1) is 10.1 Å². The number of nitrogens with zero attached hydrogens (tertiary/aromatic N) is 4. The molecule has 0 aliphatic heterocycles. The number of hydrogen-bond donors (Lipinski definition) is 1. The van der Waals surface area contributed by atoms with Gasteiger partial charge in [0.15, 0.2) is 5.16 Å². The summed E-state index contributed by atoms with van der Waals surface area (Å²) in [5.41, 5.74) is -2.53. The molecule has 2 aromatic rings. The first-order valence-corrected chi connectivity index (χ1v) is 11.4. The normalized spacial score (nSPS) is 15.8. The molecule has 3 rings (SSSR count). The van der Waals surface area contributed by atoms with Crippen LogP contribution >= 0.6 is 11.8 Å². The van der Waals surface area contributed by atoms with Crippen LogP contribution < -0.4 is 5.32 Å². The minimum atomic E-state index is -4.87. The molecule has 0 saturated heterocycles. The molecule has 1 amide bonds. The summed E-state index contributed by atoms with van der Waals surface area (Å²) in [6.45, 7) is 5.77. The standard InChI is InChI=1S/C21H24F3N5O3S/c1-3-11-28-18(14-7-5-4-6-8-14)26-27-20(28)33-13(2)19(30)25-17-10-9-15(29(31)32)12-16(17)21(22,23)24/h3,9-10,12-14H,1,4-8,11H2,2H3,(H,25,30)/t13-/m0/s1. The maximum absolute atomic E-state index is 13.4. The number of allylic oxidation sites excluding steroid dienone is 1. The Balaban J connectivity index is 1.78. The van der Waals surface area contributed by atoms with Gasteiger partial charge >= 0.3 is 6.18 Å². The molecular weight excluding hydrogens is 459 g/mol. The number of aromatic nitrogens is 3. The highest BCUT2D eigenvalue weighted by Gasteiger charge is 2.36. The molecule has 1 aliphatic rings. The number of benzene rings is 1. The molecule has 1 atom stereocenters. The Bertz CT molecular complexity index is 1030. The Labute approximate surface area is 192 Å². The van der Waals surface area contributed by atoms with Crippen molar-refractivity contribution < 1.29 is 22.9 Å². The van der Waals surface area contributed by atoms with Crippen molar-refractivity contribution in [1.29, 1.82) is 0 Å². The van der Waals surface area contributed by atoms with Crippen molar-refractivity contribution in [3.63, 3.8) is 0 Å². The largest absolute Gasteiger partial charge is 0.418 e. The van der Waals surface area contributed by atoms with Crippen LogP contribution in [0.3, 0.4) is 0 Å². The predicted molar refractivity (Wildman–Crippen MR) is 118 cm³/mol. The van der Waals surface area contributed by atoms with Gasteiger partial charge in [0, 0.05) is 24.6 Å². The van der Waals surface area contributed by atoms with Crippen LogP contribution in [0.25, 0.3) is 0 Å². The van der Waals surface area contributed by atoms with E-state index in [0.717, 1.165) is 55.4 Å². The van der Waals surface area contributed by atoms with Gasteiger partial charge in [-0.3, -0.25) is 14.9 Å². The van der Waals surface area contributed by atoms with Crippen molar-refractivity contribution >= 4 is 29.0 Å². The molecule has 8 nitrogen and oxygen atoms in total. The van der Waals surface area contributed by atoms with Crippen molar-refractivity contribution in [1.82, 2.24) is 14.8 Å². The van der Waals surface area contributed by atoms with Crippen LogP contribution in [0.4, 0.5) is 24.5 Å². The van der Waals surface area contributed by atoms with Gasteiger partial charge in [0.25, 0.3) is 5.69 Å². The van der Waals surface area contributed by atoms with Gasteiger partial charge in [-0.2, -0.15) is 13.2 Å². The first kappa shape index (κ1) is 24.7. The highest BCUT2D eigenvalue weighted by Crippen LogP contribution is 2.38. The number of non-ortho nitro benzene ring substituents is 1. The Kier molecular flexibility index (Phi) is 7.77. The summed E-state index contributed by atoms with van der Waals surface area (Å²) in [6, 6.07) is 2.21. The summed E-state index contributed by atoms with van der Waals surface area (Å²) >= 11 is 1.08. The Hall–Kier alpha value is -2.89. The van der Waals surface area contributed by atoms with Gasteiger partial charge < -0.3 is 9.88 Å². The summed E-state index contributed by atoms with van der Waals surface area (Å²) < 4.78 is 42.1. The second-order valence-electron chi connectivity index (χ2n) is 7.81. The molecule has 1 heterocycles. The zero-order valence-corrected chi connectivity index (χ0v) is 18.8. The van der Waals surface area contributed by atoms with E-state index < -0.39 is 39.2 Å². The number of carbonyl (C=O) groups excluding carboxylic acids is 1. The molecule has 1 saturated carbocycles. The maximum Gasteiger partial charge on any atom is 0.418 e. The van der Waals surface area contributed by atoms with Gasteiger partial charge in [0.2, 0.25) is 5.91 Å². The average molecular weight is 484 g/mol. The van der Waals surface area contributed by atoms with E-state index in [9.17, 15) is 28.1 Å². The lowest BCUT2D eigenvalue weighted by Gasteiger charge is -2.21. The number of amides is 1. The van der Waals surface area contributed by atoms with E-state index in [4.69, 9.17) is 0 Å². The molecule has 12 heteroatoms.